The van der Waals surface area contributed by atoms with E-state index in [2.05, 4.69) is 10.3 Å². The van der Waals surface area contributed by atoms with Crippen molar-refractivity contribution in [1.29, 1.82) is 0 Å². The number of para-hydroxylation sites is 2. The van der Waals surface area contributed by atoms with E-state index in [1.165, 1.54) is 6.08 Å². The Kier molecular flexibility index (Phi) is 5.29. The highest BCUT2D eigenvalue weighted by atomic mass is 16.5. The number of fused-ring (bicyclic) bond motifs is 1. The van der Waals surface area contributed by atoms with E-state index < -0.39 is 6.04 Å². The van der Waals surface area contributed by atoms with E-state index in [0.29, 0.717) is 24.6 Å². The molecule has 29 heavy (non-hydrogen) atoms. The van der Waals surface area contributed by atoms with Crippen molar-refractivity contribution >= 4 is 29.0 Å². The standard InChI is InChI=1S/C22H21N3O4/c1-28-16-9-6-15(7-10-16)8-11-21(26)25-13-12-23-22(27)18(25)14-20-24-17-4-2-3-5-19(17)29-20/h2-11,18H,12-14H2,1H3,(H,23,27)/b11-8+. The van der Waals surface area contributed by atoms with Crippen LogP contribution >= 0.6 is 0 Å². The van der Waals surface area contributed by atoms with Crippen LogP contribution in [0, 0.1) is 0 Å². The third kappa shape index (κ3) is 4.13. The van der Waals surface area contributed by atoms with E-state index in [1.54, 1.807) is 18.1 Å². The molecule has 0 saturated carbocycles. The predicted octanol–water partition coefficient (Wildman–Crippen LogP) is 2.42. The van der Waals surface area contributed by atoms with E-state index in [0.717, 1.165) is 16.8 Å². The number of piperazine rings is 1. The number of methoxy groups -OCH3 is 1. The first kappa shape index (κ1) is 18.7. The van der Waals surface area contributed by atoms with Gasteiger partial charge in [0.25, 0.3) is 0 Å². The first-order chi connectivity index (χ1) is 14.1. The normalized spacial score (nSPS) is 16.9. The van der Waals surface area contributed by atoms with Crippen molar-refractivity contribution in [3.05, 3.63) is 66.1 Å². The number of amides is 2. The van der Waals surface area contributed by atoms with E-state index in [4.69, 9.17) is 9.15 Å². The van der Waals surface area contributed by atoms with Gasteiger partial charge in [0.2, 0.25) is 11.8 Å². The third-order valence-corrected chi connectivity index (χ3v) is 4.85. The molecule has 2 aromatic carbocycles. The van der Waals surface area contributed by atoms with Crippen LogP contribution in [0.2, 0.25) is 0 Å². The number of nitrogens with one attached hydrogen (secondary N) is 1. The van der Waals surface area contributed by atoms with E-state index in [9.17, 15) is 9.59 Å². The van der Waals surface area contributed by atoms with Crippen LogP contribution in [0.4, 0.5) is 0 Å². The molecule has 7 heteroatoms. The molecule has 1 atom stereocenters. The summed E-state index contributed by atoms with van der Waals surface area (Å²) in [6.07, 6.45) is 3.44. The summed E-state index contributed by atoms with van der Waals surface area (Å²) in [5.41, 5.74) is 2.27. The van der Waals surface area contributed by atoms with Crippen molar-refractivity contribution in [3.8, 4) is 5.75 Å². The zero-order chi connectivity index (χ0) is 20.2. The molecular formula is C22H21N3O4. The molecule has 4 rings (SSSR count). The summed E-state index contributed by atoms with van der Waals surface area (Å²) in [6.45, 7) is 0.855. The van der Waals surface area contributed by atoms with Crippen molar-refractivity contribution in [3.63, 3.8) is 0 Å². The lowest BCUT2D eigenvalue weighted by Crippen LogP contribution is -2.57. The largest absolute Gasteiger partial charge is 0.497 e. The first-order valence-electron chi connectivity index (χ1n) is 9.39. The maximum absolute atomic E-state index is 12.8. The number of rotatable bonds is 5. The van der Waals surface area contributed by atoms with Gasteiger partial charge in [-0.15, -0.1) is 0 Å². The molecule has 2 amide bonds. The molecule has 3 aromatic rings. The Morgan fingerprint density at radius 1 is 1.28 bits per heavy atom. The molecule has 1 aliphatic heterocycles. The van der Waals surface area contributed by atoms with Gasteiger partial charge in [-0.25, -0.2) is 4.98 Å². The van der Waals surface area contributed by atoms with Crippen LogP contribution in [-0.2, 0) is 16.0 Å². The number of hydrogen-bond donors (Lipinski definition) is 1. The van der Waals surface area contributed by atoms with Crippen LogP contribution in [-0.4, -0.2) is 47.9 Å². The highest BCUT2D eigenvalue weighted by molar-refractivity contribution is 5.96. The monoisotopic (exact) mass is 391 g/mol. The minimum Gasteiger partial charge on any atom is -0.497 e. The summed E-state index contributed by atoms with van der Waals surface area (Å²) in [5.74, 6) is 0.756. The quantitative estimate of drug-likeness (QED) is 0.675. The van der Waals surface area contributed by atoms with Gasteiger partial charge in [0.05, 0.1) is 13.5 Å². The van der Waals surface area contributed by atoms with Crippen molar-refractivity contribution in [1.82, 2.24) is 15.2 Å². The fourth-order valence-electron chi connectivity index (χ4n) is 3.33. The maximum atomic E-state index is 12.8. The van der Waals surface area contributed by atoms with Gasteiger partial charge >= 0.3 is 0 Å². The topological polar surface area (TPSA) is 84.7 Å². The van der Waals surface area contributed by atoms with Gasteiger partial charge in [-0.2, -0.15) is 0 Å². The molecule has 0 bridgehead atoms. The molecular weight excluding hydrogens is 370 g/mol. The molecule has 1 unspecified atom stereocenters. The number of aromatic nitrogens is 1. The zero-order valence-corrected chi connectivity index (χ0v) is 16.0. The Hall–Kier alpha value is -3.61. The molecule has 7 nitrogen and oxygen atoms in total. The van der Waals surface area contributed by atoms with Gasteiger partial charge in [-0.1, -0.05) is 24.3 Å². The number of benzene rings is 2. The van der Waals surface area contributed by atoms with E-state index in [1.807, 2.05) is 48.5 Å². The average molecular weight is 391 g/mol. The van der Waals surface area contributed by atoms with Crippen LogP contribution in [0.5, 0.6) is 5.75 Å². The van der Waals surface area contributed by atoms with Gasteiger partial charge in [0.15, 0.2) is 11.5 Å². The molecule has 1 fully saturated rings. The lowest BCUT2D eigenvalue weighted by atomic mass is 10.1. The Morgan fingerprint density at radius 2 is 2.07 bits per heavy atom. The van der Waals surface area contributed by atoms with Gasteiger partial charge in [-0.3, -0.25) is 9.59 Å². The lowest BCUT2D eigenvalue weighted by Gasteiger charge is -2.33. The SMILES string of the molecule is COc1ccc(/C=C/C(=O)N2CCNC(=O)C2Cc2nc3ccccc3o2)cc1. The second-order valence-corrected chi connectivity index (χ2v) is 6.72. The van der Waals surface area contributed by atoms with Crippen molar-refractivity contribution in [2.24, 2.45) is 0 Å². The summed E-state index contributed by atoms with van der Waals surface area (Å²) in [4.78, 5) is 31.3. The van der Waals surface area contributed by atoms with Crippen LogP contribution in [0.1, 0.15) is 11.5 Å². The van der Waals surface area contributed by atoms with Gasteiger partial charge in [0.1, 0.15) is 17.3 Å². The van der Waals surface area contributed by atoms with E-state index >= 15 is 0 Å². The Morgan fingerprint density at radius 3 is 2.83 bits per heavy atom. The number of oxazole rings is 1. The molecule has 148 valence electrons. The van der Waals surface area contributed by atoms with Gasteiger partial charge in [-0.05, 0) is 35.9 Å². The second-order valence-electron chi connectivity index (χ2n) is 6.72. The first-order valence-corrected chi connectivity index (χ1v) is 9.39. The lowest BCUT2D eigenvalue weighted by molar-refractivity contribution is -0.140. The van der Waals surface area contributed by atoms with Gasteiger partial charge < -0.3 is 19.4 Å². The summed E-state index contributed by atoms with van der Waals surface area (Å²) < 4.78 is 10.9. The summed E-state index contributed by atoms with van der Waals surface area (Å²) in [5, 5.41) is 2.82. The Labute approximate surface area is 168 Å². The fraction of sp³-hybridized carbons (Fsp3) is 0.227. The highest BCUT2D eigenvalue weighted by Crippen LogP contribution is 2.19. The van der Waals surface area contributed by atoms with Crippen LogP contribution < -0.4 is 10.1 Å². The molecule has 1 saturated heterocycles. The maximum Gasteiger partial charge on any atom is 0.247 e. The Bertz CT molecular complexity index is 1020. The number of carbonyl (C=O) groups excluding carboxylic acids is 2. The third-order valence-electron chi connectivity index (χ3n) is 4.85. The van der Waals surface area contributed by atoms with Gasteiger partial charge in [0, 0.05) is 19.2 Å². The molecule has 0 radical (unpaired) electrons. The predicted molar refractivity (Wildman–Crippen MR) is 108 cm³/mol. The van der Waals surface area contributed by atoms with Crippen molar-refractivity contribution in [2.45, 2.75) is 12.5 Å². The van der Waals surface area contributed by atoms with Crippen molar-refractivity contribution in [2.75, 3.05) is 20.2 Å². The Balaban J connectivity index is 1.51. The highest BCUT2D eigenvalue weighted by Gasteiger charge is 2.33. The minimum atomic E-state index is -0.662. The number of nitrogens with zero attached hydrogens (tertiary/aromatic N) is 2. The smallest absolute Gasteiger partial charge is 0.247 e. The molecule has 0 aliphatic carbocycles. The average Bonchev–Trinajstić information content (AvgIpc) is 3.16. The summed E-state index contributed by atoms with van der Waals surface area (Å²) in [7, 11) is 1.60. The second kappa shape index (κ2) is 8.18. The van der Waals surface area contributed by atoms with Crippen molar-refractivity contribution < 1.29 is 18.7 Å². The zero-order valence-electron chi connectivity index (χ0n) is 16.0. The summed E-state index contributed by atoms with van der Waals surface area (Å²) in [6, 6.07) is 14.1. The molecule has 1 aromatic heterocycles. The van der Waals surface area contributed by atoms with Crippen LogP contribution in [0.15, 0.2) is 59.0 Å². The minimum absolute atomic E-state index is 0.204. The number of ether oxygens (including phenoxy) is 1. The molecule has 2 heterocycles. The number of hydrogen-bond acceptors (Lipinski definition) is 5. The number of carbonyl (C=O) groups is 2. The summed E-state index contributed by atoms with van der Waals surface area (Å²) >= 11 is 0. The van der Waals surface area contributed by atoms with Crippen LogP contribution in [0.25, 0.3) is 17.2 Å². The fourth-order valence-corrected chi connectivity index (χ4v) is 3.33. The van der Waals surface area contributed by atoms with Crippen LogP contribution in [0.3, 0.4) is 0 Å². The van der Waals surface area contributed by atoms with E-state index in [-0.39, 0.29) is 18.2 Å². The molecule has 1 aliphatic rings. The molecule has 0 spiro atoms. The molecule has 1 N–H and O–H groups in total.